The number of esters is 1. The van der Waals surface area contributed by atoms with E-state index in [0.717, 1.165) is 11.0 Å². The van der Waals surface area contributed by atoms with E-state index in [1.165, 1.54) is 13.2 Å². The first-order chi connectivity index (χ1) is 6.19. The van der Waals surface area contributed by atoms with Crippen LogP contribution in [0.4, 0.5) is 0 Å². The van der Waals surface area contributed by atoms with Crippen molar-refractivity contribution in [2.24, 2.45) is 0 Å². The first-order valence-corrected chi connectivity index (χ1v) is 5.37. The molecule has 1 aromatic rings. The minimum Gasteiger partial charge on any atom is -0.465 e. The second-order valence-corrected chi connectivity index (χ2v) is 3.70. The standard InChI is InChI=1S/C8H6Cl2O2S/c1-12-8(11)6-4-5(9)2-3-7(6)13-10/h2-4H,1H3. The summed E-state index contributed by atoms with van der Waals surface area (Å²) < 4.78 is 4.56. The Balaban J connectivity index is 3.15. The molecule has 0 radical (unpaired) electrons. The molecular formula is C8H6Cl2O2S. The normalized spacial score (nSPS) is 9.77. The van der Waals surface area contributed by atoms with Crippen LogP contribution >= 0.6 is 33.3 Å². The molecule has 0 fully saturated rings. The Kier molecular flexibility index (Phi) is 3.90. The van der Waals surface area contributed by atoms with Crippen molar-refractivity contribution in [3.8, 4) is 0 Å². The van der Waals surface area contributed by atoms with Crippen LogP contribution in [0, 0.1) is 0 Å². The van der Waals surface area contributed by atoms with E-state index in [-0.39, 0.29) is 0 Å². The SMILES string of the molecule is COC(=O)c1cc(Cl)ccc1SCl. The number of methoxy groups -OCH3 is 1. The largest absolute Gasteiger partial charge is 0.465 e. The molecule has 2 nitrogen and oxygen atoms in total. The maximum Gasteiger partial charge on any atom is 0.339 e. The highest BCUT2D eigenvalue weighted by Gasteiger charge is 2.11. The first kappa shape index (κ1) is 10.7. The summed E-state index contributed by atoms with van der Waals surface area (Å²) in [4.78, 5) is 11.8. The van der Waals surface area contributed by atoms with Crippen LogP contribution in [-0.4, -0.2) is 13.1 Å². The van der Waals surface area contributed by atoms with E-state index in [2.05, 4.69) is 4.74 Å². The maximum atomic E-state index is 11.2. The van der Waals surface area contributed by atoms with Crippen molar-refractivity contribution < 1.29 is 9.53 Å². The molecule has 1 rings (SSSR count). The molecule has 0 unspecified atom stereocenters. The zero-order valence-corrected chi connectivity index (χ0v) is 9.04. The van der Waals surface area contributed by atoms with Gasteiger partial charge in [0.15, 0.2) is 0 Å². The topological polar surface area (TPSA) is 26.3 Å². The second kappa shape index (κ2) is 4.74. The molecule has 0 aliphatic rings. The molecule has 0 aliphatic heterocycles. The van der Waals surface area contributed by atoms with Gasteiger partial charge in [0.25, 0.3) is 0 Å². The highest BCUT2D eigenvalue weighted by molar-refractivity contribution is 8.21. The van der Waals surface area contributed by atoms with E-state index < -0.39 is 5.97 Å². The van der Waals surface area contributed by atoms with Gasteiger partial charge in [0.1, 0.15) is 0 Å². The van der Waals surface area contributed by atoms with Crippen LogP contribution in [0.3, 0.4) is 0 Å². The Morgan fingerprint density at radius 2 is 2.23 bits per heavy atom. The second-order valence-electron chi connectivity index (χ2n) is 2.21. The molecule has 0 bridgehead atoms. The van der Waals surface area contributed by atoms with Crippen LogP contribution in [0.1, 0.15) is 10.4 Å². The minimum absolute atomic E-state index is 0.384. The smallest absolute Gasteiger partial charge is 0.339 e. The van der Waals surface area contributed by atoms with Crippen LogP contribution in [-0.2, 0) is 4.74 Å². The molecule has 70 valence electrons. The summed E-state index contributed by atoms with van der Waals surface area (Å²) in [5.74, 6) is -0.439. The van der Waals surface area contributed by atoms with Gasteiger partial charge in [-0.15, -0.1) is 0 Å². The molecule has 1 aromatic carbocycles. The molecule has 13 heavy (non-hydrogen) atoms. The number of carbonyl (C=O) groups is 1. The van der Waals surface area contributed by atoms with E-state index in [1.54, 1.807) is 12.1 Å². The Labute approximate surface area is 89.7 Å². The van der Waals surface area contributed by atoms with Gasteiger partial charge in [-0.1, -0.05) is 11.6 Å². The van der Waals surface area contributed by atoms with Gasteiger partial charge in [0.05, 0.1) is 12.7 Å². The van der Waals surface area contributed by atoms with Crippen LogP contribution < -0.4 is 0 Å². The van der Waals surface area contributed by atoms with Gasteiger partial charge in [0.2, 0.25) is 0 Å². The lowest BCUT2D eigenvalue weighted by atomic mass is 10.2. The number of benzene rings is 1. The van der Waals surface area contributed by atoms with Crippen LogP contribution in [0.25, 0.3) is 0 Å². The number of hydrogen-bond acceptors (Lipinski definition) is 3. The van der Waals surface area contributed by atoms with Crippen molar-refractivity contribution >= 4 is 39.2 Å². The van der Waals surface area contributed by atoms with Gasteiger partial charge in [-0.05, 0) is 39.9 Å². The molecule has 0 saturated heterocycles. The van der Waals surface area contributed by atoms with Crippen molar-refractivity contribution in [2.75, 3.05) is 7.11 Å². The number of ether oxygens (including phenoxy) is 1. The summed E-state index contributed by atoms with van der Waals surface area (Å²) in [6, 6.07) is 4.86. The number of halogens is 2. The Bertz CT molecular complexity index is 328. The minimum atomic E-state index is -0.439. The number of hydrogen-bond donors (Lipinski definition) is 0. The van der Waals surface area contributed by atoms with Gasteiger partial charge in [-0.25, -0.2) is 4.79 Å². The Morgan fingerprint density at radius 1 is 1.54 bits per heavy atom. The zero-order valence-electron chi connectivity index (χ0n) is 6.71. The predicted molar refractivity (Wildman–Crippen MR) is 54.5 cm³/mol. The highest BCUT2D eigenvalue weighted by atomic mass is 35.7. The third kappa shape index (κ3) is 2.53. The van der Waals surface area contributed by atoms with E-state index in [0.29, 0.717) is 15.5 Å². The molecule has 0 heterocycles. The monoisotopic (exact) mass is 236 g/mol. The quantitative estimate of drug-likeness (QED) is 0.737. The summed E-state index contributed by atoms with van der Waals surface area (Å²) in [5, 5.41) is 0.481. The van der Waals surface area contributed by atoms with Gasteiger partial charge >= 0.3 is 5.97 Å². The van der Waals surface area contributed by atoms with Crippen molar-refractivity contribution in [3.63, 3.8) is 0 Å². The van der Waals surface area contributed by atoms with Crippen molar-refractivity contribution in [3.05, 3.63) is 28.8 Å². The van der Waals surface area contributed by atoms with E-state index in [9.17, 15) is 4.79 Å². The maximum absolute atomic E-state index is 11.2. The van der Waals surface area contributed by atoms with Gasteiger partial charge in [0, 0.05) is 9.92 Å². The summed E-state index contributed by atoms with van der Waals surface area (Å²) in [6.07, 6.45) is 0. The molecule has 0 aromatic heterocycles. The summed E-state index contributed by atoms with van der Waals surface area (Å²) >= 11 is 5.71. The lowest BCUT2D eigenvalue weighted by molar-refractivity contribution is 0.0597. The lowest BCUT2D eigenvalue weighted by Crippen LogP contribution is -2.02. The average molecular weight is 237 g/mol. The molecule has 0 saturated carbocycles. The van der Waals surface area contributed by atoms with Crippen LogP contribution in [0.5, 0.6) is 0 Å². The summed E-state index contributed by atoms with van der Waals surface area (Å²) in [6.45, 7) is 0. The van der Waals surface area contributed by atoms with E-state index in [4.69, 9.17) is 22.3 Å². The average Bonchev–Trinajstić information content (AvgIpc) is 2.16. The molecule has 0 N–H and O–H groups in total. The third-order valence-electron chi connectivity index (χ3n) is 1.43. The summed E-state index contributed by atoms with van der Waals surface area (Å²) in [5.41, 5.74) is 0.384. The number of rotatable bonds is 2. The fourth-order valence-electron chi connectivity index (χ4n) is 0.839. The summed E-state index contributed by atoms with van der Waals surface area (Å²) in [7, 11) is 7.82. The Morgan fingerprint density at radius 3 is 2.77 bits per heavy atom. The van der Waals surface area contributed by atoms with E-state index in [1.807, 2.05) is 0 Å². The fourth-order valence-corrected chi connectivity index (χ4v) is 1.76. The third-order valence-corrected chi connectivity index (χ3v) is 2.69. The van der Waals surface area contributed by atoms with Gasteiger partial charge in [-0.3, -0.25) is 0 Å². The van der Waals surface area contributed by atoms with Gasteiger partial charge in [-0.2, -0.15) is 0 Å². The molecular weight excluding hydrogens is 231 g/mol. The predicted octanol–water partition coefficient (Wildman–Crippen LogP) is 3.37. The van der Waals surface area contributed by atoms with Crippen LogP contribution in [0.15, 0.2) is 23.1 Å². The van der Waals surface area contributed by atoms with Crippen molar-refractivity contribution in [1.29, 1.82) is 0 Å². The van der Waals surface area contributed by atoms with Crippen molar-refractivity contribution in [2.45, 2.75) is 4.90 Å². The first-order valence-electron chi connectivity index (χ1n) is 3.35. The van der Waals surface area contributed by atoms with Gasteiger partial charge < -0.3 is 4.74 Å². The number of carbonyl (C=O) groups excluding carboxylic acids is 1. The fraction of sp³-hybridized carbons (Fsp3) is 0.125. The molecule has 0 spiro atoms. The molecule has 0 atom stereocenters. The molecule has 0 aliphatic carbocycles. The van der Waals surface area contributed by atoms with Crippen molar-refractivity contribution in [1.82, 2.24) is 0 Å². The highest BCUT2D eigenvalue weighted by Crippen LogP contribution is 2.28. The molecule has 0 amide bonds. The Hall–Kier alpha value is -0.380. The lowest BCUT2D eigenvalue weighted by Gasteiger charge is -2.03. The van der Waals surface area contributed by atoms with E-state index >= 15 is 0 Å². The zero-order chi connectivity index (χ0) is 9.84. The van der Waals surface area contributed by atoms with Crippen LogP contribution in [0.2, 0.25) is 5.02 Å². The molecule has 5 heteroatoms.